The van der Waals surface area contributed by atoms with E-state index in [4.69, 9.17) is 23.2 Å². The number of halogens is 2. The van der Waals surface area contributed by atoms with Crippen LogP contribution in [0.4, 0.5) is 5.95 Å². The molecule has 0 saturated heterocycles. The van der Waals surface area contributed by atoms with Gasteiger partial charge in [0, 0.05) is 6.04 Å². The van der Waals surface area contributed by atoms with Crippen LogP contribution < -0.4 is 5.32 Å². The SMILES string of the molecule is O[C@@H]1[C@H](O)CCC[C@H]1n1c(NC2CC2)nc2cc(Cl)c(Cl)cc21. The Kier molecular flexibility index (Phi) is 3.92. The Balaban J connectivity index is 1.85. The Bertz CT molecular complexity index is 744. The lowest BCUT2D eigenvalue weighted by Gasteiger charge is -2.34. The molecule has 0 radical (unpaired) electrons. The number of hydrogen-bond acceptors (Lipinski definition) is 4. The van der Waals surface area contributed by atoms with E-state index in [9.17, 15) is 10.2 Å². The first kappa shape index (κ1) is 15.5. The predicted molar refractivity (Wildman–Crippen MR) is 91.3 cm³/mol. The predicted octanol–water partition coefficient (Wildman–Crippen LogP) is 3.36. The second kappa shape index (κ2) is 5.81. The number of nitrogens with one attached hydrogen (secondary N) is 1. The van der Waals surface area contributed by atoms with Gasteiger partial charge in [-0.1, -0.05) is 23.2 Å². The zero-order valence-electron chi connectivity index (χ0n) is 12.5. The number of anilines is 1. The molecule has 23 heavy (non-hydrogen) atoms. The van der Waals surface area contributed by atoms with Gasteiger partial charge in [-0.05, 0) is 44.2 Å². The van der Waals surface area contributed by atoms with E-state index in [1.54, 1.807) is 12.1 Å². The van der Waals surface area contributed by atoms with Gasteiger partial charge in [0.25, 0.3) is 0 Å². The van der Waals surface area contributed by atoms with Crippen molar-refractivity contribution < 1.29 is 10.2 Å². The molecule has 0 aliphatic heterocycles. The molecule has 0 amide bonds. The molecular formula is C16H19Cl2N3O2. The Labute approximate surface area is 144 Å². The number of aliphatic hydroxyl groups excluding tert-OH is 2. The fourth-order valence-corrected chi connectivity index (χ4v) is 3.67. The molecule has 0 bridgehead atoms. The molecule has 4 rings (SSSR count). The molecule has 124 valence electrons. The minimum absolute atomic E-state index is 0.220. The molecule has 3 atom stereocenters. The summed E-state index contributed by atoms with van der Waals surface area (Å²) in [4.78, 5) is 4.65. The highest BCUT2D eigenvalue weighted by Gasteiger charge is 2.35. The number of imidazole rings is 1. The molecule has 2 aliphatic carbocycles. The van der Waals surface area contributed by atoms with Crippen LogP contribution in [-0.4, -0.2) is 38.0 Å². The lowest BCUT2D eigenvalue weighted by atomic mass is 9.90. The Morgan fingerprint density at radius 2 is 1.83 bits per heavy atom. The minimum atomic E-state index is -0.810. The third-order valence-corrected chi connectivity index (χ3v) is 5.48. The van der Waals surface area contributed by atoms with Crippen molar-refractivity contribution >= 4 is 40.2 Å². The van der Waals surface area contributed by atoms with Crippen molar-refractivity contribution in [3.8, 4) is 0 Å². The van der Waals surface area contributed by atoms with Crippen molar-refractivity contribution in [2.75, 3.05) is 5.32 Å². The van der Waals surface area contributed by atoms with Gasteiger partial charge in [-0.2, -0.15) is 0 Å². The Morgan fingerprint density at radius 3 is 2.57 bits per heavy atom. The Morgan fingerprint density at radius 1 is 1.09 bits per heavy atom. The first-order chi connectivity index (χ1) is 11.0. The minimum Gasteiger partial charge on any atom is -0.390 e. The summed E-state index contributed by atoms with van der Waals surface area (Å²) in [6.07, 6.45) is 3.03. The van der Waals surface area contributed by atoms with Gasteiger partial charge < -0.3 is 20.1 Å². The zero-order valence-corrected chi connectivity index (χ0v) is 14.1. The van der Waals surface area contributed by atoms with Crippen LogP contribution in [0.15, 0.2) is 12.1 Å². The summed E-state index contributed by atoms with van der Waals surface area (Å²) in [6.45, 7) is 0. The molecular weight excluding hydrogens is 337 g/mol. The van der Waals surface area contributed by atoms with E-state index < -0.39 is 12.2 Å². The van der Waals surface area contributed by atoms with Gasteiger partial charge in [-0.25, -0.2) is 4.98 Å². The van der Waals surface area contributed by atoms with Crippen LogP contribution in [0.3, 0.4) is 0 Å². The van der Waals surface area contributed by atoms with E-state index >= 15 is 0 Å². The van der Waals surface area contributed by atoms with Crippen molar-refractivity contribution in [3.63, 3.8) is 0 Å². The first-order valence-electron chi connectivity index (χ1n) is 8.04. The van der Waals surface area contributed by atoms with E-state index in [-0.39, 0.29) is 6.04 Å². The highest BCUT2D eigenvalue weighted by atomic mass is 35.5. The average Bonchev–Trinajstić information content (AvgIpc) is 3.26. The molecule has 2 fully saturated rings. The molecule has 0 spiro atoms. The number of fused-ring (bicyclic) bond motifs is 1. The molecule has 5 nitrogen and oxygen atoms in total. The molecule has 3 N–H and O–H groups in total. The van der Waals surface area contributed by atoms with Gasteiger partial charge >= 0.3 is 0 Å². The van der Waals surface area contributed by atoms with Crippen molar-refractivity contribution in [2.24, 2.45) is 0 Å². The first-order valence-corrected chi connectivity index (χ1v) is 8.80. The maximum Gasteiger partial charge on any atom is 0.204 e. The number of rotatable bonds is 3. The second-order valence-corrected chi connectivity index (χ2v) is 7.35. The van der Waals surface area contributed by atoms with Crippen molar-refractivity contribution in [3.05, 3.63) is 22.2 Å². The third-order valence-electron chi connectivity index (χ3n) is 4.76. The van der Waals surface area contributed by atoms with Crippen molar-refractivity contribution in [2.45, 2.75) is 56.4 Å². The standard InChI is InChI=1S/C16H19Cl2N3O2/c17-9-6-11-13(7-10(9)18)21(16(20-11)19-8-4-5-8)12-2-1-3-14(22)15(12)23/h6-8,12,14-15,22-23H,1-5H2,(H,19,20)/t12-,14-,15+/m1/s1. The van der Waals surface area contributed by atoms with Crippen LogP contribution in [0.25, 0.3) is 11.0 Å². The van der Waals surface area contributed by atoms with Crippen LogP contribution in [-0.2, 0) is 0 Å². The Hall–Kier alpha value is -1.01. The fourth-order valence-electron chi connectivity index (χ4n) is 3.35. The lowest BCUT2D eigenvalue weighted by molar-refractivity contribution is -0.0381. The van der Waals surface area contributed by atoms with Crippen LogP contribution in [0.5, 0.6) is 0 Å². The molecule has 1 heterocycles. The number of aromatic nitrogens is 2. The van der Waals surface area contributed by atoms with E-state index in [0.29, 0.717) is 22.5 Å². The number of nitrogens with zero attached hydrogens (tertiary/aromatic N) is 2. The topological polar surface area (TPSA) is 70.3 Å². The van der Waals surface area contributed by atoms with Crippen LogP contribution in [0.1, 0.15) is 38.1 Å². The summed E-state index contributed by atoms with van der Waals surface area (Å²) in [5.41, 5.74) is 1.58. The number of aliphatic hydroxyl groups is 2. The average molecular weight is 356 g/mol. The molecule has 0 unspecified atom stereocenters. The summed E-state index contributed by atoms with van der Waals surface area (Å²) in [6, 6.07) is 3.75. The van der Waals surface area contributed by atoms with Gasteiger partial charge in [0.2, 0.25) is 5.95 Å². The summed E-state index contributed by atoms with van der Waals surface area (Å²) >= 11 is 12.3. The molecule has 2 aromatic rings. The molecule has 1 aromatic heterocycles. The van der Waals surface area contributed by atoms with E-state index in [2.05, 4.69) is 10.3 Å². The second-order valence-electron chi connectivity index (χ2n) is 6.54. The normalized spacial score (nSPS) is 28.3. The summed E-state index contributed by atoms with van der Waals surface area (Å²) in [5, 5.41) is 24.9. The van der Waals surface area contributed by atoms with Gasteiger partial charge in [0.05, 0.1) is 33.2 Å². The highest BCUT2D eigenvalue weighted by Crippen LogP contribution is 2.38. The zero-order chi connectivity index (χ0) is 16.1. The molecule has 2 saturated carbocycles. The number of hydrogen-bond donors (Lipinski definition) is 3. The largest absolute Gasteiger partial charge is 0.390 e. The van der Waals surface area contributed by atoms with Crippen molar-refractivity contribution in [1.29, 1.82) is 0 Å². The van der Waals surface area contributed by atoms with E-state index in [0.717, 1.165) is 42.7 Å². The molecule has 1 aromatic carbocycles. The van der Waals surface area contributed by atoms with E-state index in [1.807, 2.05) is 4.57 Å². The van der Waals surface area contributed by atoms with Gasteiger partial charge in [-0.3, -0.25) is 0 Å². The maximum absolute atomic E-state index is 10.5. The van der Waals surface area contributed by atoms with Crippen LogP contribution >= 0.6 is 23.2 Å². The van der Waals surface area contributed by atoms with Gasteiger partial charge in [0.1, 0.15) is 6.10 Å². The monoisotopic (exact) mass is 355 g/mol. The fraction of sp³-hybridized carbons (Fsp3) is 0.562. The smallest absolute Gasteiger partial charge is 0.204 e. The van der Waals surface area contributed by atoms with E-state index in [1.165, 1.54) is 0 Å². The number of benzene rings is 1. The molecule has 2 aliphatic rings. The van der Waals surface area contributed by atoms with Crippen molar-refractivity contribution in [1.82, 2.24) is 9.55 Å². The summed E-state index contributed by atoms with van der Waals surface area (Å²) < 4.78 is 1.99. The van der Waals surface area contributed by atoms with Crippen LogP contribution in [0, 0.1) is 0 Å². The summed E-state index contributed by atoms with van der Waals surface area (Å²) in [5.74, 6) is 0.721. The van der Waals surface area contributed by atoms with Crippen LogP contribution in [0.2, 0.25) is 10.0 Å². The van der Waals surface area contributed by atoms with Gasteiger partial charge in [-0.15, -0.1) is 0 Å². The lowest BCUT2D eigenvalue weighted by Crippen LogP contribution is -2.39. The third kappa shape index (κ3) is 2.80. The highest BCUT2D eigenvalue weighted by molar-refractivity contribution is 6.42. The summed E-state index contributed by atoms with van der Waals surface area (Å²) in [7, 11) is 0. The maximum atomic E-state index is 10.5. The quantitative estimate of drug-likeness (QED) is 0.789. The molecule has 7 heteroatoms. The van der Waals surface area contributed by atoms with Gasteiger partial charge in [0.15, 0.2) is 0 Å².